The molecular formula is C20H22N2O3. The molecule has 0 radical (unpaired) electrons. The van der Waals surface area contributed by atoms with Gasteiger partial charge in [0.25, 0.3) is 0 Å². The maximum Gasteiger partial charge on any atom is 0.205 e. The number of allylic oxidation sites excluding steroid dienone is 3. The topological polar surface area (TPSA) is 85.3 Å². The SMILES string of the molecule is CCOc1ccccc1C1C(C#N)=C(N)OC2=C1C(=O)CC(C)(C)C2. The number of ether oxygens (including phenoxy) is 2. The summed E-state index contributed by atoms with van der Waals surface area (Å²) in [4.78, 5) is 12.9. The molecule has 0 amide bonds. The molecule has 3 rings (SSSR count). The van der Waals surface area contributed by atoms with Crippen LogP contribution in [0, 0.1) is 16.7 Å². The summed E-state index contributed by atoms with van der Waals surface area (Å²) in [6.07, 6.45) is 1.03. The molecule has 0 spiro atoms. The van der Waals surface area contributed by atoms with E-state index >= 15 is 0 Å². The molecule has 130 valence electrons. The van der Waals surface area contributed by atoms with Gasteiger partial charge >= 0.3 is 0 Å². The fourth-order valence-electron chi connectivity index (χ4n) is 3.60. The molecule has 1 heterocycles. The lowest BCUT2D eigenvalue weighted by Gasteiger charge is -2.37. The Morgan fingerprint density at radius 1 is 1.36 bits per heavy atom. The maximum absolute atomic E-state index is 12.9. The van der Waals surface area contributed by atoms with Gasteiger partial charge in [-0.25, -0.2) is 0 Å². The third-order valence-electron chi connectivity index (χ3n) is 4.61. The highest BCUT2D eigenvalue weighted by Crippen LogP contribution is 2.49. The Labute approximate surface area is 147 Å². The van der Waals surface area contributed by atoms with Crippen molar-refractivity contribution < 1.29 is 14.3 Å². The van der Waals surface area contributed by atoms with Gasteiger partial charge in [0.05, 0.1) is 12.5 Å². The van der Waals surface area contributed by atoms with Gasteiger partial charge in [-0.2, -0.15) is 5.26 Å². The molecule has 0 saturated carbocycles. The molecule has 2 aliphatic rings. The van der Waals surface area contributed by atoms with Crippen molar-refractivity contribution in [2.75, 3.05) is 6.61 Å². The van der Waals surface area contributed by atoms with Crippen LogP contribution >= 0.6 is 0 Å². The molecule has 2 N–H and O–H groups in total. The van der Waals surface area contributed by atoms with E-state index < -0.39 is 5.92 Å². The Morgan fingerprint density at radius 3 is 2.76 bits per heavy atom. The van der Waals surface area contributed by atoms with Crippen molar-refractivity contribution in [1.29, 1.82) is 5.26 Å². The lowest BCUT2D eigenvalue weighted by Crippen LogP contribution is -2.33. The van der Waals surface area contributed by atoms with E-state index in [1.165, 1.54) is 0 Å². The Bertz CT molecular complexity index is 828. The van der Waals surface area contributed by atoms with Gasteiger partial charge in [-0.3, -0.25) is 4.79 Å². The van der Waals surface area contributed by atoms with Gasteiger partial charge in [-0.05, 0) is 18.4 Å². The van der Waals surface area contributed by atoms with E-state index in [4.69, 9.17) is 15.2 Å². The van der Waals surface area contributed by atoms with Crippen LogP contribution in [0.4, 0.5) is 0 Å². The number of rotatable bonds is 3. The number of hydrogen-bond donors (Lipinski definition) is 1. The summed E-state index contributed by atoms with van der Waals surface area (Å²) in [5.74, 6) is 0.766. The second kappa shape index (κ2) is 6.29. The van der Waals surface area contributed by atoms with Crippen molar-refractivity contribution in [1.82, 2.24) is 0 Å². The molecule has 25 heavy (non-hydrogen) atoms. The van der Waals surface area contributed by atoms with Crippen molar-refractivity contribution in [3.63, 3.8) is 0 Å². The van der Waals surface area contributed by atoms with Gasteiger partial charge in [0.1, 0.15) is 23.2 Å². The number of ketones is 1. The number of nitrogens with zero attached hydrogens (tertiary/aromatic N) is 1. The summed E-state index contributed by atoms with van der Waals surface area (Å²) in [6.45, 7) is 6.45. The summed E-state index contributed by atoms with van der Waals surface area (Å²) in [5, 5.41) is 9.65. The van der Waals surface area contributed by atoms with E-state index in [9.17, 15) is 10.1 Å². The third kappa shape index (κ3) is 3.00. The Morgan fingerprint density at radius 2 is 2.08 bits per heavy atom. The predicted molar refractivity (Wildman–Crippen MR) is 93.3 cm³/mol. The van der Waals surface area contributed by atoms with E-state index in [1.54, 1.807) is 0 Å². The van der Waals surface area contributed by atoms with Crippen molar-refractivity contribution in [3.8, 4) is 11.8 Å². The molecule has 5 heteroatoms. The Kier molecular flexibility index (Phi) is 4.30. The molecule has 1 aromatic carbocycles. The molecule has 0 bridgehead atoms. The molecule has 5 nitrogen and oxygen atoms in total. The maximum atomic E-state index is 12.9. The van der Waals surface area contributed by atoms with E-state index in [-0.39, 0.29) is 22.7 Å². The summed E-state index contributed by atoms with van der Waals surface area (Å²) in [6, 6.07) is 9.60. The quantitative estimate of drug-likeness (QED) is 0.911. The van der Waals surface area contributed by atoms with E-state index in [2.05, 4.69) is 6.07 Å². The summed E-state index contributed by atoms with van der Waals surface area (Å²) >= 11 is 0. The van der Waals surface area contributed by atoms with Crippen LogP contribution in [0.3, 0.4) is 0 Å². The van der Waals surface area contributed by atoms with Crippen LogP contribution in [0.25, 0.3) is 0 Å². The highest BCUT2D eigenvalue weighted by molar-refractivity contribution is 6.00. The highest BCUT2D eigenvalue weighted by Gasteiger charge is 2.43. The minimum Gasteiger partial charge on any atom is -0.494 e. The van der Waals surface area contributed by atoms with Crippen molar-refractivity contribution >= 4 is 5.78 Å². The van der Waals surface area contributed by atoms with Gasteiger partial charge in [0, 0.05) is 24.0 Å². The first-order valence-corrected chi connectivity index (χ1v) is 8.43. The summed E-state index contributed by atoms with van der Waals surface area (Å²) < 4.78 is 11.4. The number of hydrogen-bond acceptors (Lipinski definition) is 5. The number of Topliss-reactive ketones (excluding diaryl/α,β-unsaturated/α-hetero) is 1. The molecule has 1 aromatic rings. The second-order valence-electron chi connectivity index (χ2n) is 7.17. The van der Waals surface area contributed by atoms with Crippen molar-refractivity contribution in [2.45, 2.75) is 39.5 Å². The lowest BCUT2D eigenvalue weighted by molar-refractivity contribution is -0.119. The van der Waals surface area contributed by atoms with Gasteiger partial charge < -0.3 is 15.2 Å². The fourth-order valence-corrected chi connectivity index (χ4v) is 3.60. The number of nitriles is 1. The van der Waals surface area contributed by atoms with Crippen molar-refractivity contribution in [2.24, 2.45) is 11.1 Å². The highest BCUT2D eigenvalue weighted by atomic mass is 16.5. The molecule has 1 aliphatic carbocycles. The van der Waals surface area contributed by atoms with E-state index in [0.29, 0.717) is 36.5 Å². The molecule has 1 atom stereocenters. The van der Waals surface area contributed by atoms with Crippen LogP contribution in [0.1, 0.15) is 45.1 Å². The molecule has 1 unspecified atom stereocenters. The molecule has 0 aromatic heterocycles. The average molecular weight is 338 g/mol. The second-order valence-corrected chi connectivity index (χ2v) is 7.17. The van der Waals surface area contributed by atoms with Crippen LogP contribution in [-0.2, 0) is 9.53 Å². The standard InChI is InChI=1S/C20H22N2O3/c1-4-24-15-8-6-5-7-12(15)17-13(11-21)19(22)25-16-10-20(2,3)9-14(23)18(16)17/h5-8,17H,4,9-10,22H2,1-3H3. The molecular weight excluding hydrogens is 316 g/mol. The monoisotopic (exact) mass is 338 g/mol. The van der Waals surface area contributed by atoms with Crippen LogP contribution in [0.15, 0.2) is 47.1 Å². The first-order valence-electron chi connectivity index (χ1n) is 8.43. The summed E-state index contributed by atoms with van der Waals surface area (Å²) in [5.41, 5.74) is 7.41. The third-order valence-corrected chi connectivity index (χ3v) is 4.61. The molecule has 0 saturated heterocycles. The van der Waals surface area contributed by atoms with Crippen LogP contribution in [0.2, 0.25) is 0 Å². The number of benzene rings is 1. The van der Waals surface area contributed by atoms with E-state index in [0.717, 1.165) is 5.56 Å². The first kappa shape index (κ1) is 17.1. The van der Waals surface area contributed by atoms with Crippen LogP contribution < -0.4 is 10.5 Å². The zero-order valence-corrected chi connectivity index (χ0v) is 14.8. The van der Waals surface area contributed by atoms with Gasteiger partial charge in [-0.15, -0.1) is 0 Å². The Balaban J connectivity index is 2.20. The minimum atomic E-state index is -0.542. The Hall–Kier alpha value is -2.74. The van der Waals surface area contributed by atoms with Crippen LogP contribution in [-0.4, -0.2) is 12.4 Å². The summed E-state index contributed by atoms with van der Waals surface area (Å²) in [7, 11) is 0. The minimum absolute atomic E-state index is 0.00259. The van der Waals surface area contributed by atoms with Gasteiger partial charge in [0.15, 0.2) is 5.78 Å². The average Bonchev–Trinajstić information content (AvgIpc) is 2.53. The van der Waals surface area contributed by atoms with Gasteiger partial charge in [0.2, 0.25) is 5.88 Å². The normalized spacial score (nSPS) is 22.2. The predicted octanol–water partition coefficient (Wildman–Crippen LogP) is 3.54. The first-order chi connectivity index (χ1) is 11.9. The van der Waals surface area contributed by atoms with Crippen molar-refractivity contribution in [3.05, 3.63) is 52.6 Å². The lowest BCUT2D eigenvalue weighted by atomic mass is 9.70. The number of nitrogens with two attached hydrogens (primary N) is 1. The van der Waals surface area contributed by atoms with E-state index in [1.807, 2.05) is 45.0 Å². The smallest absolute Gasteiger partial charge is 0.205 e. The zero-order chi connectivity index (χ0) is 18.2. The largest absolute Gasteiger partial charge is 0.494 e. The number of para-hydroxylation sites is 1. The molecule has 0 fully saturated rings. The van der Waals surface area contributed by atoms with Crippen LogP contribution in [0.5, 0.6) is 5.75 Å². The van der Waals surface area contributed by atoms with Gasteiger partial charge in [-0.1, -0.05) is 32.0 Å². The number of carbonyl (C=O) groups is 1. The fraction of sp³-hybridized carbons (Fsp3) is 0.400. The zero-order valence-electron chi connectivity index (χ0n) is 14.8. The number of carbonyl (C=O) groups excluding carboxylic acids is 1. The molecule has 1 aliphatic heterocycles.